The third-order valence-corrected chi connectivity index (χ3v) is 4.85. The molecular weight excluding hydrogens is 404 g/mol. The number of carbonyl (C=O) groups is 4. The molecule has 1 aliphatic rings. The number of benzene rings is 1. The number of hydrogen-bond acceptors (Lipinski definition) is 5. The first-order chi connectivity index (χ1) is 13.6. The fourth-order valence-corrected chi connectivity index (χ4v) is 3.41. The van der Waals surface area contributed by atoms with Gasteiger partial charge >= 0.3 is 6.09 Å². The lowest BCUT2D eigenvalue weighted by atomic mass is 9.93. The maximum absolute atomic E-state index is 12.8. The average molecular weight is 427 g/mol. The highest BCUT2D eigenvalue weighted by molar-refractivity contribution is 6.31. The number of likely N-dealkylation sites (N-methyl/N-ethyl adjacent to an activating group) is 1. The monoisotopic (exact) mass is 426 g/mol. The van der Waals surface area contributed by atoms with E-state index in [2.05, 4.69) is 21.3 Å². The van der Waals surface area contributed by atoms with E-state index in [0.717, 1.165) is 0 Å². The van der Waals surface area contributed by atoms with Gasteiger partial charge in [-0.2, -0.15) is 0 Å². The quantitative estimate of drug-likeness (QED) is 0.373. The Balaban J connectivity index is 2.27. The van der Waals surface area contributed by atoms with Crippen LogP contribution in [-0.4, -0.2) is 59.3 Å². The zero-order valence-corrected chi connectivity index (χ0v) is 16.6. The van der Waals surface area contributed by atoms with Crippen LogP contribution in [0.25, 0.3) is 0 Å². The van der Waals surface area contributed by atoms with Crippen molar-refractivity contribution in [3.05, 3.63) is 28.8 Å². The largest absolute Gasteiger partial charge is 0.465 e. The number of nitrogens with one attached hydrogen (secondary N) is 4. The summed E-state index contributed by atoms with van der Waals surface area (Å²) in [5.41, 5.74) is -0.0990. The number of aliphatic hydroxyl groups excluding tert-OH is 1. The topological polar surface area (TPSA) is 157 Å². The third-order valence-electron chi connectivity index (χ3n) is 4.62. The number of amides is 4. The second-order valence-electron chi connectivity index (χ2n) is 6.84. The average Bonchev–Trinajstić information content (AvgIpc) is 2.97. The summed E-state index contributed by atoms with van der Waals surface area (Å²) in [5, 5.41) is 29.2. The molecule has 4 amide bonds. The van der Waals surface area contributed by atoms with Gasteiger partial charge in [-0.05, 0) is 38.0 Å². The van der Waals surface area contributed by atoms with Gasteiger partial charge in [0.25, 0.3) is 11.8 Å². The molecule has 1 unspecified atom stereocenters. The van der Waals surface area contributed by atoms with Crippen molar-refractivity contribution in [2.45, 2.75) is 38.0 Å². The van der Waals surface area contributed by atoms with Crippen molar-refractivity contribution < 1.29 is 29.4 Å². The van der Waals surface area contributed by atoms with Gasteiger partial charge in [0.2, 0.25) is 5.91 Å². The van der Waals surface area contributed by atoms with Crippen LogP contribution in [0.15, 0.2) is 18.2 Å². The Morgan fingerprint density at radius 1 is 1.34 bits per heavy atom. The second kappa shape index (κ2) is 9.57. The van der Waals surface area contributed by atoms with Gasteiger partial charge in [-0.1, -0.05) is 11.6 Å². The number of rotatable bonds is 7. The molecule has 11 heteroatoms. The predicted molar refractivity (Wildman–Crippen MR) is 105 cm³/mol. The smallest absolute Gasteiger partial charge is 0.409 e. The van der Waals surface area contributed by atoms with E-state index in [0.29, 0.717) is 6.42 Å². The van der Waals surface area contributed by atoms with Crippen LogP contribution in [-0.2, 0) is 9.59 Å². The SMILES string of the molecule is CNC(=O)C(O)[C@H](C[C@@H]1C[C@@H](C)NC1=O)NC(=O)c1cc(Cl)ccc1NC(=O)O. The molecule has 1 aromatic rings. The molecular formula is C18H23ClN4O6. The van der Waals surface area contributed by atoms with Gasteiger partial charge in [0.1, 0.15) is 0 Å². The van der Waals surface area contributed by atoms with Crippen molar-refractivity contribution >= 4 is 41.1 Å². The molecule has 0 radical (unpaired) electrons. The van der Waals surface area contributed by atoms with Crippen molar-refractivity contribution in [1.29, 1.82) is 0 Å². The highest BCUT2D eigenvalue weighted by atomic mass is 35.5. The van der Waals surface area contributed by atoms with Gasteiger partial charge in [0.15, 0.2) is 6.10 Å². The number of hydrogen-bond donors (Lipinski definition) is 6. The van der Waals surface area contributed by atoms with Crippen molar-refractivity contribution in [2.24, 2.45) is 5.92 Å². The number of halogens is 1. The van der Waals surface area contributed by atoms with Gasteiger partial charge in [0.05, 0.1) is 17.3 Å². The van der Waals surface area contributed by atoms with E-state index in [1.165, 1.54) is 25.2 Å². The van der Waals surface area contributed by atoms with E-state index in [9.17, 15) is 24.3 Å². The Morgan fingerprint density at radius 2 is 2.03 bits per heavy atom. The molecule has 1 aliphatic heterocycles. The third kappa shape index (κ3) is 5.81. The maximum atomic E-state index is 12.8. The lowest BCUT2D eigenvalue weighted by molar-refractivity contribution is -0.131. The van der Waals surface area contributed by atoms with Gasteiger partial charge in [-0.15, -0.1) is 0 Å². The number of anilines is 1. The molecule has 10 nitrogen and oxygen atoms in total. The molecule has 0 saturated carbocycles. The van der Waals surface area contributed by atoms with Crippen LogP contribution in [0, 0.1) is 5.92 Å². The minimum absolute atomic E-state index is 0.0141. The van der Waals surface area contributed by atoms with Gasteiger partial charge in [0, 0.05) is 24.0 Å². The number of carboxylic acid groups (broad SMARTS) is 1. The molecule has 1 heterocycles. The Bertz CT molecular complexity index is 818. The van der Waals surface area contributed by atoms with E-state index >= 15 is 0 Å². The minimum Gasteiger partial charge on any atom is -0.465 e. The first-order valence-electron chi connectivity index (χ1n) is 8.92. The maximum Gasteiger partial charge on any atom is 0.409 e. The normalized spacial score (nSPS) is 20.3. The Hall–Kier alpha value is -2.85. The van der Waals surface area contributed by atoms with E-state index in [1.807, 2.05) is 6.92 Å². The van der Waals surface area contributed by atoms with Gasteiger partial charge < -0.3 is 26.2 Å². The second-order valence-corrected chi connectivity index (χ2v) is 7.27. The molecule has 1 aromatic carbocycles. The Kier molecular flexibility index (Phi) is 7.40. The molecule has 0 spiro atoms. The molecule has 29 heavy (non-hydrogen) atoms. The van der Waals surface area contributed by atoms with Crippen molar-refractivity contribution in [1.82, 2.24) is 16.0 Å². The Morgan fingerprint density at radius 3 is 2.59 bits per heavy atom. The fraction of sp³-hybridized carbons (Fsp3) is 0.444. The molecule has 2 rings (SSSR count). The summed E-state index contributed by atoms with van der Waals surface area (Å²) in [7, 11) is 1.33. The van der Waals surface area contributed by atoms with Gasteiger partial charge in [-0.25, -0.2) is 4.79 Å². The van der Waals surface area contributed by atoms with E-state index in [-0.39, 0.29) is 34.6 Å². The summed E-state index contributed by atoms with van der Waals surface area (Å²) in [6.07, 6.45) is -2.46. The van der Waals surface area contributed by atoms with Crippen LogP contribution >= 0.6 is 11.6 Å². The summed E-state index contributed by atoms with van der Waals surface area (Å²) in [4.78, 5) is 47.8. The highest BCUT2D eigenvalue weighted by Gasteiger charge is 2.36. The van der Waals surface area contributed by atoms with Crippen LogP contribution in [0.3, 0.4) is 0 Å². The highest BCUT2D eigenvalue weighted by Crippen LogP contribution is 2.24. The predicted octanol–water partition coefficient (Wildman–Crippen LogP) is 0.550. The zero-order valence-electron chi connectivity index (χ0n) is 15.9. The molecule has 0 aromatic heterocycles. The summed E-state index contributed by atoms with van der Waals surface area (Å²) in [6.45, 7) is 1.83. The molecule has 158 valence electrons. The molecule has 4 atom stereocenters. The Labute approximate surface area is 172 Å². The van der Waals surface area contributed by atoms with E-state index < -0.39 is 36.0 Å². The number of carbonyl (C=O) groups excluding carboxylic acids is 3. The van der Waals surface area contributed by atoms with Crippen molar-refractivity contribution in [3.8, 4) is 0 Å². The van der Waals surface area contributed by atoms with E-state index in [4.69, 9.17) is 16.7 Å². The molecule has 1 fully saturated rings. The van der Waals surface area contributed by atoms with Crippen LogP contribution < -0.4 is 21.3 Å². The summed E-state index contributed by atoms with van der Waals surface area (Å²) in [5.74, 6) is -2.20. The number of aliphatic hydroxyl groups is 1. The van der Waals surface area contributed by atoms with E-state index in [1.54, 1.807) is 0 Å². The fourth-order valence-electron chi connectivity index (χ4n) is 3.24. The molecule has 1 saturated heterocycles. The lowest BCUT2D eigenvalue weighted by Crippen LogP contribution is -2.51. The minimum atomic E-state index is -1.61. The summed E-state index contributed by atoms with van der Waals surface area (Å²) < 4.78 is 0. The van der Waals surface area contributed by atoms with Crippen LogP contribution in [0.2, 0.25) is 5.02 Å². The first-order valence-corrected chi connectivity index (χ1v) is 9.30. The lowest BCUT2D eigenvalue weighted by Gasteiger charge is -2.25. The van der Waals surface area contributed by atoms with Crippen LogP contribution in [0.1, 0.15) is 30.1 Å². The van der Waals surface area contributed by atoms with Crippen LogP contribution in [0.5, 0.6) is 0 Å². The molecule has 0 bridgehead atoms. The molecule has 6 N–H and O–H groups in total. The van der Waals surface area contributed by atoms with Gasteiger partial charge in [-0.3, -0.25) is 19.7 Å². The zero-order chi connectivity index (χ0) is 21.7. The van der Waals surface area contributed by atoms with Crippen LogP contribution in [0.4, 0.5) is 10.5 Å². The summed E-state index contributed by atoms with van der Waals surface area (Å²) in [6, 6.07) is 2.85. The summed E-state index contributed by atoms with van der Waals surface area (Å²) >= 11 is 5.92. The standard InChI is InChI=1S/C18H23ClN4O6/c1-8-5-9(15(25)21-8)6-13(14(24)17(27)20-2)22-16(26)11-7-10(19)3-4-12(11)23-18(28)29/h3-4,7-9,13-14,23-24H,5-6H2,1-2H3,(H,20,27)(H,21,25)(H,22,26)(H,28,29)/t8-,9+,13+,14?/m1/s1. The van der Waals surface area contributed by atoms with Crippen molar-refractivity contribution in [3.63, 3.8) is 0 Å². The molecule has 0 aliphatic carbocycles. The van der Waals surface area contributed by atoms with Crippen molar-refractivity contribution in [2.75, 3.05) is 12.4 Å². The first kappa shape index (κ1) is 22.4.